The molecule has 0 saturated heterocycles. The van der Waals surface area contributed by atoms with Crippen LogP contribution in [-0.2, 0) is 0 Å². The number of anilines is 4. The van der Waals surface area contributed by atoms with E-state index < -0.39 is 0 Å². The van der Waals surface area contributed by atoms with E-state index in [2.05, 4.69) is 20.6 Å². The maximum atomic E-state index is 12.5. The van der Waals surface area contributed by atoms with Crippen molar-refractivity contribution in [3.63, 3.8) is 0 Å². The molecule has 0 spiro atoms. The summed E-state index contributed by atoms with van der Waals surface area (Å²) in [6.45, 7) is 1.98. The quantitative estimate of drug-likeness (QED) is 0.357. The lowest BCUT2D eigenvalue weighted by molar-refractivity contribution is 0.103. The zero-order valence-electron chi connectivity index (χ0n) is 16.4. The number of aromatic nitrogens is 4. The topological polar surface area (TPSA) is 110 Å². The number of rotatable bonds is 5. The first-order chi connectivity index (χ1) is 15.1. The molecule has 10 heteroatoms. The summed E-state index contributed by atoms with van der Waals surface area (Å²) in [5, 5.41) is 9.63. The van der Waals surface area contributed by atoms with Crippen molar-refractivity contribution in [1.29, 1.82) is 0 Å². The maximum absolute atomic E-state index is 12.5. The normalized spacial score (nSPS) is 11.0. The van der Waals surface area contributed by atoms with Crippen molar-refractivity contribution in [2.45, 2.75) is 6.92 Å². The summed E-state index contributed by atoms with van der Waals surface area (Å²) in [5.41, 5.74) is 9.92. The molecule has 1 amide bonds. The molecule has 5 rings (SSSR count). The molecule has 31 heavy (non-hydrogen) atoms. The molecular weight excluding hydrogens is 430 g/mol. The van der Waals surface area contributed by atoms with Gasteiger partial charge in [0.1, 0.15) is 17.2 Å². The summed E-state index contributed by atoms with van der Waals surface area (Å²) in [4.78, 5) is 26.4. The first-order valence-electron chi connectivity index (χ1n) is 9.37. The predicted octanol–water partition coefficient (Wildman–Crippen LogP) is 4.80. The van der Waals surface area contributed by atoms with Crippen LogP contribution in [0.15, 0.2) is 60.2 Å². The Kier molecular flexibility index (Phi) is 4.85. The number of thiazole rings is 1. The fraction of sp³-hybridized carbons (Fsp3) is 0.0476. The smallest absolute Gasteiger partial charge is 0.265 e. The number of carbonyl (C=O) groups is 1. The second-order valence-corrected chi connectivity index (χ2v) is 8.63. The number of carbonyl (C=O) groups excluding carboxylic acids is 1. The minimum absolute atomic E-state index is 0.237. The molecule has 5 aromatic heterocycles. The van der Waals surface area contributed by atoms with E-state index >= 15 is 0 Å². The monoisotopic (exact) mass is 447 g/mol. The molecule has 4 N–H and O–H groups in total. The molecule has 0 aliphatic rings. The average Bonchev–Trinajstić information content (AvgIpc) is 3.48. The molecular formula is C21H17N7OS2. The van der Waals surface area contributed by atoms with Gasteiger partial charge in [-0.05, 0) is 43.3 Å². The molecule has 0 aliphatic heterocycles. The third kappa shape index (κ3) is 3.74. The standard InChI is InChI=1S/C21H17N7OS2/c1-12-18(28-10-3-2-6-16(28)24-12)14-11-30-21(26-14)27-17-8-7-15(31-17)20(29)25-13-5-4-9-23-19(13)22/h2-11H,1H3,(H2,22,23)(H,25,29)(H,26,27). The lowest BCUT2D eigenvalue weighted by Crippen LogP contribution is -2.12. The van der Waals surface area contributed by atoms with E-state index in [0.717, 1.165) is 32.9 Å². The Morgan fingerprint density at radius 1 is 1.13 bits per heavy atom. The average molecular weight is 448 g/mol. The van der Waals surface area contributed by atoms with Crippen LogP contribution in [0.1, 0.15) is 15.4 Å². The van der Waals surface area contributed by atoms with Crippen LogP contribution in [0.4, 0.5) is 21.6 Å². The van der Waals surface area contributed by atoms with Crippen molar-refractivity contribution in [2.75, 3.05) is 16.4 Å². The van der Waals surface area contributed by atoms with Gasteiger partial charge in [0.25, 0.3) is 5.91 Å². The summed E-state index contributed by atoms with van der Waals surface area (Å²) < 4.78 is 2.03. The van der Waals surface area contributed by atoms with E-state index in [1.54, 1.807) is 24.4 Å². The largest absolute Gasteiger partial charge is 0.382 e. The molecule has 0 radical (unpaired) electrons. The van der Waals surface area contributed by atoms with Crippen molar-refractivity contribution in [3.8, 4) is 11.4 Å². The van der Waals surface area contributed by atoms with Gasteiger partial charge in [0.15, 0.2) is 5.13 Å². The number of nitrogens with zero attached hydrogens (tertiary/aromatic N) is 4. The number of nitrogen functional groups attached to an aromatic ring is 1. The summed E-state index contributed by atoms with van der Waals surface area (Å²) in [7, 11) is 0. The molecule has 0 fully saturated rings. The molecule has 0 saturated carbocycles. The molecule has 0 atom stereocenters. The fourth-order valence-corrected chi connectivity index (χ4v) is 4.77. The Balaban J connectivity index is 1.33. The van der Waals surface area contributed by atoms with Gasteiger partial charge in [-0.15, -0.1) is 22.7 Å². The second kappa shape index (κ2) is 7.82. The third-order valence-corrected chi connectivity index (χ3v) is 6.35. The van der Waals surface area contributed by atoms with E-state index in [0.29, 0.717) is 10.6 Å². The van der Waals surface area contributed by atoms with Gasteiger partial charge in [0.2, 0.25) is 0 Å². The minimum atomic E-state index is -0.237. The van der Waals surface area contributed by atoms with E-state index in [1.165, 1.54) is 22.7 Å². The molecule has 0 aromatic carbocycles. The summed E-state index contributed by atoms with van der Waals surface area (Å²) in [5.74, 6) is 0.0442. The van der Waals surface area contributed by atoms with Gasteiger partial charge in [-0.3, -0.25) is 9.20 Å². The highest BCUT2D eigenvalue weighted by molar-refractivity contribution is 7.19. The van der Waals surface area contributed by atoms with Gasteiger partial charge in [0, 0.05) is 17.8 Å². The third-order valence-electron chi connectivity index (χ3n) is 4.60. The second-order valence-electron chi connectivity index (χ2n) is 6.69. The number of fused-ring (bicyclic) bond motifs is 1. The number of nitrogens with one attached hydrogen (secondary N) is 2. The van der Waals surface area contributed by atoms with Crippen LogP contribution in [0, 0.1) is 6.92 Å². The zero-order valence-corrected chi connectivity index (χ0v) is 18.0. The Morgan fingerprint density at radius 3 is 2.90 bits per heavy atom. The van der Waals surface area contributed by atoms with E-state index in [-0.39, 0.29) is 11.7 Å². The van der Waals surface area contributed by atoms with Crippen molar-refractivity contribution < 1.29 is 4.79 Å². The lowest BCUT2D eigenvalue weighted by atomic mass is 10.3. The fourth-order valence-electron chi connectivity index (χ4n) is 3.20. The van der Waals surface area contributed by atoms with E-state index in [9.17, 15) is 4.79 Å². The van der Waals surface area contributed by atoms with Crippen LogP contribution < -0.4 is 16.4 Å². The van der Waals surface area contributed by atoms with Crippen molar-refractivity contribution >= 4 is 55.9 Å². The van der Waals surface area contributed by atoms with Gasteiger partial charge >= 0.3 is 0 Å². The molecule has 5 heterocycles. The Bertz CT molecular complexity index is 1400. The SMILES string of the molecule is Cc1nc2ccccn2c1-c1csc(Nc2ccc(C(=O)Nc3cccnc3N)s2)n1. The molecule has 0 bridgehead atoms. The van der Waals surface area contributed by atoms with Crippen LogP contribution in [-0.4, -0.2) is 25.3 Å². The maximum Gasteiger partial charge on any atom is 0.265 e. The van der Waals surface area contributed by atoms with Gasteiger partial charge in [-0.25, -0.2) is 15.0 Å². The lowest BCUT2D eigenvalue weighted by Gasteiger charge is -2.05. The molecule has 0 unspecified atom stereocenters. The highest BCUT2D eigenvalue weighted by Gasteiger charge is 2.15. The number of hydrogen-bond acceptors (Lipinski definition) is 8. The predicted molar refractivity (Wildman–Crippen MR) is 125 cm³/mol. The zero-order chi connectivity index (χ0) is 21.4. The summed E-state index contributed by atoms with van der Waals surface area (Å²) >= 11 is 2.84. The van der Waals surface area contributed by atoms with Crippen molar-refractivity contribution in [2.24, 2.45) is 0 Å². The Labute approximate surface area is 185 Å². The Morgan fingerprint density at radius 2 is 2.03 bits per heavy atom. The van der Waals surface area contributed by atoms with Crippen LogP contribution in [0.25, 0.3) is 17.0 Å². The number of pyridine rings is 2. The number of hydrogen-bond donors (Lipinski definition) is 3. The number of nitrogens with two attached hydrogens (primary N) is 1. The van der Waals surface area contributed by atoms with Gasteiger partial charge in [-0.1, -0.05) is 6.07 Å². The molecule has 0 aliphatic carbocycles. The van der Waals surface area contributed by atoms with Crippen molar-refractivity contribution in [1.82, 2.24) is 19.4 Å². The summed E-state index contributed by atoms with van der Waals surface area (Å²) in [6.07, 6.45) is 3.56. The highest BCUT2D eigenvalue weighted by atomic mass is 32.1. The molecule has 154 valence electrons. The number of thiophene rings is 1. The number of aryl methyl sites for hydroxylation is 1. The number of imidazole rings is 1. The van der Waals surface area contributed by atoms with Gasteiger partial charge in [-0.2, -0.15) is 0 Å². The first-order valence-corrected chi connectivity index (χ1v) is 11.1. The van der Waals surface area contributed by atoms with Gasteiger partial charge in [0.05, 0.1) is 27.0 Å². The van der Waals surface area contributed by atoms with Crippen LogP contribution in [0.2, 0.25) is 0 Å². The molecule has 8 nitrogen and oxygen atoms in total. The molecule has 5 aromatic rings. The van der Waals surface area contributed by atoms with Crippen molar-refractivity contribution in [3.05, 3.63) is 70.8 Å². The van der Waals surface area contributed by atoms with Crippen LogP contribution in [0.5, 0.6) is 0 Å². The summed E-state index contributed by atoms with van der Waals surface area (Å²) in [6, 6.07) is 13.0. The highest BCUT2D eigenvalue weighted by Crippen LogP contribution is 2.32. The van der Waals surface area contributed by atoms with E-state index in [4.69, 9.17) is 10.7 Å². The first kappa shape index (κ1) is 19.2. The minimum Gasteiger partial charge on any atom is -0.382 e. The number of amides is 1. The Hall–Kier alpha value is -3.76. The van der Waals surface area contributed by atoms with E-state index in [1.807, 2.05) is 47.2 Å². The van der Waals surface area contributed by atoms with Crippen LogP contribution >= 0.6 is 22.7 Å². The van der Waals surface area contributed by atoms with Gasteiger partial charge < -0.3 is 16.4 Å². The van der Waals surface area contributed by atoms with Crippen LogP contribution in [0.3, 0.4) is 0 Å².